The fraction of sp³-hybridized carbons (Fsp3) is 0.625. The van der Waals surface area contributed by atoms with E-state index in [9.17, 15) is 0 Å². The number of aryl methyl sites for hydroxylation is 2. The Morgan fingerprint density at radius 1 is 1.17 bits per heavy atom. The summed E-state index contributed by atoms with van der Waals surface area (Å²) in [5.74, 6) is 1.96. The van der Waals surface area contributed by atoms with E-state index in [2.05, 4.69) is 63.1 Å². The van der Waals surface area contributed by atoms with Crippen LogP contribution in [0.2, 0.25) is 0 Å². The number of nitrogens with one attached hydrogen (secondary N) is 1. The monoisotopic (exact) mass is 263 g/mol. The van der Waals surface area contributed by atoms with Crippen molar-refractivity contribution in [2.24, 2.45) is 5.92 Å². The van der Waals surface area contributed by atoms with Gasteiger partial charge in [-0.25, -0.2) is 0 Å². The van der Waals surface area contributed by atoms with Gasteiger partial charge in [0.05, 0.1) is 0 Å². The van der Waals surface area contributed by atoms with Crippen molar-refractivity contribution in [3.8, 4) is 0 Å². The first-order valence-corrected chi connectivity index (χ1v) is 8.01. The number of rotatable bonds is 4. The summed E-state index contributed by atoms with van der Waals surface area (Å²) in [7, 11) is 2.10. The molecule has 0 spiro atoms. The van der Waals surface area contributed by atoms with Crippen LogP contribution < -0.4 is 5.32 Å². The standard InChI is InChI=1S/C16H25NS/c1-11-7-12(2)9-14(8-11)10-18-16-6-5-15(17-4)13(16)3/h7-9,13,15-17H,5-6,10H2,1-4H3. The van der Waals surface area contributed by atoms with Crippen LogP contribution in [0.15, 0.2) is 18.2 Å². The molecule has 0 heterocycles. The predicted octanol–water partition coefficient (Wildman–Crippen LogP) is 3.92. The van der Waals surface area contributed by atoms with Crippen molar-refractivity contribution in [3.63, 3.8) is 0 Å². The van der Waals surface area contributed by atoms with Crippen LogP contribution in [0.3, 0.4) is 0 Å². The maximum absolute atomic E-state index is 3.45. The molecule has 0 aliphatic heterocycles. The topological polar surface area (TPSA) is 12.0 Å². The predicted molar refractivity (Wildman–Crippen MR) is 82.2 cm³/mol. The second-order valence-electron chi connectivity index (χ2n) is 5.68. The van der Waals surface area contributed by atoms with Crippen LogP contribution in [0.1, 0.15) is 36.5 Å². The van der Waals surface area contributed by atoms with Gasteiger partial charge >= 0.3 is 0 Å². The summed E-state index contributed by atoms with van der Waals surface area (Å²) in [4.78, 5) is 0. The molecule has 3 atom stereocenters. The lowest BCUT2D eigenvalue weighted by Crippen LogP contribution is -2.30. The van der Waals surface area contributed by atoms with Gasteiger partial charge in [0.1, 0.15) is 0 Å². The third kappa shape index (κ3) is 3.30. The van der Waals surface area contributed by atoms with E-state index in [-0.39, 0.29) is 0 Å². The quantitative estimate of drug-likeness (QED) is 0.883. The minimum Gasteiger partial charge on any atom is -0.317 e. The Bertz CT molecular complexity index is 382. The molecule has 0 aromatic heterocycles. The van der Waals surface area contributed by atoms with Gasteiger partial charge in [-0.05, 0) is 45.2 Å². The van der Waals surface area contributed by atoms with Crippen LogP contribution in [0.25, 0.3) is 0 Å². The first-order chi connectivity index (χ1) is 8.60. The van der Waals surface area contributed by atoms with E-state index < -0.39 is 0 Å². The molecule has 0 saturated heterocycles. The third-order valence-electron chi connectivity index (χ3n) is 4.10. The van der Waals surface area contributed by atoms with Gasteiger partial charge in [-0.1, -0.05) is 36.2 Å². The van der Waals surface area contributed by atoms with Gasteiger partial charge in [-0.3, -0.25) is 0 Å². The number of thioether (sulfide) groups is 1. The van der Waals surface area contributed by atoms with Gasteiger partial charge in [0.25, 0.3) is 0 Å². The van der Waals surface area contributed by atoms with Crippen molar-refractivity contribution in [3.05, 3.63) is 34.9 Å². The van der Waals surface area contributed by atoms with Gasteiger partial charge in [-0.2, -0.15) is 11.8 Å². The molecule has 1 aromatic rings. The Labute approximate surface area is 116 Å². The third-order valence-corrected chi connectivity index (χ3v) is 5.69. The van der Waals surface area contributed by atoms with Crippen molar-refractivity contribution < 1.29 is 0 Å². The van der Waals surface area contributed by atoms with Crippen LogP contribution in [0, 0.1) is 19.8 Å². The lowest BCUT2D eigenvalue weighted by Gasteiger charge is -2.20. The van der Waals surface area contributed by atoms with Gasteiger partial charge < -0.3 is 5.32 Å². The highest BCUT2D eigenvalue weighted by Gasteiger charge is 2.31. The van der Waals surface area contributed by atoms with Crippen molar-refractivity contribution in [1.29, 1.82) is 0 Å². The second-order valence-corrected chi connectivity index (χ2v) is 6.90. The average Bonchev–Trinajstić information content (AvgIpc) is 2.66. The molecule has 0 radical (unpaired) electrons. The van der Waals surface area contributed by atoms with Crippen molar-refractivity contribution >= 4 is 11.8 Å². The van der Waals surface area contributed by atoms with Crippen molar-refractivity contribution in [1.82, 2.24) is 5.32 Å². The highest BCUT2D eigenvalue weighted by molar-refractivity contribution is 7.99. The molecule has 1 aliphatic carbocycles. The highest BCUT2D eigenvalue weighted by Crippen LogP contribution is 2.36. The van der Waals surface area contributed by atoms with Crippen LogP contribution in [-0.2, 0) is 5.75 Å². The van der Waals surface area contributed by atoms with Crippen LogP contribution in [-0.4, -0.2) is 18.3 Å². The van der Waals surface area contributed by atoms with E-state index in [4.69, 9.17) is 0 Å². The van der Waals surface area contributed by atoms with E-state index in [1.165, 1.54) is 29.5 Å². The maximum atomic E-state index is 3.45. The fourth-order valence-corrected chi connectivity index (χ4v) is 4.50. The summed E-state index contributed by atoms with van der Waals surface area (Å²) >= 11 is 2.14. The minimum atomic E-state index is 0.724. The molecule has 1 saturated carbocycles. The SMILES string of the molecule is CNC1CCC(SCc2cc(C)cc(C)c2)C1C. The smallest absolute Gasteiger partial charge is 0.0187 e. The fourth-order valence-electron chi connectivity index (χ4n) is 3.13. The first-order valence-electron chi connectivity index (χ1n) is 6.96. The van der Waals surface area contributed by atoms with E-state index >= 15 is 0 Å². The van der Waals surface area contributed by atoms with E-state index in [0.717, 1.165) is 23.0 Å². The Morgan fingerprint density at radius 3 is 2.39 bits per heavy atom. The maximum Gasteiger partial charge on any atom is 0.0187 e. The summed E-state index contributed by atoms with van der Waals surface area (Å²) in [6.07, 6.45) is 2.70. The molecule has 1 aromatic carbocycles. The summed E-state index contributed by atoms with van der Waals surface area (Å²) < 4.78 is 0. The zero-order valence-electron chi connectivity index (χ0n) is 12.0. The number of hydrogen-bond acceptors (Lipinski definition) is 2. The lowest BCUT2D eigenvalue weighted by atomic mass is 10.1. The van der Waals surface area contributed by atoms with E-state index in [1.54, 1.807) is 0 Å². The molecule has 100 valence electrons. The van der Waals surface area contributed by atoms with Crippen molar-refractivity contribution in [2.45, 2.75) is 50.7 Å². The summed E-state index contributed by atoms with van der Waals surface area (Å²) in [6, 6.07) is 7.63. The molecular formula is C16H25NS. The Hall–Kier alpha value is -0.470. The molecule has 2 heteroatoms. The molecule has 1 nitrogen and oxygen atoms in total. The first kappa shape index (κ1) is 14.0. The molecule has 3 unspecified atom stereocenters. The molecule has 1 fully saturated rings. The minimum absolute atomic E-state index is 0.724. The average molecular weight is 263 g/mol. The normalized spacial score (nSPS) is 27.7. The Balaban J connectivity index is 1.92. The number of benzene rings is 1. The highest BCUT2D eigenvalue weighted by atomic mass is 32.2. The van der Waals surface area contributed by atoms with Gasteiger partial charge in [-0.15, -0.1) is 0 Å². The van der Waals surface area contributed by atoms with Gasteiger partial charge in [0, 0.05) is 17.0 Å². The van der Waals surface area contributed by atoms with Crippen molar-refractivity contribution in [2.75, 3.05) is 7.05 Å². The molecule has 0 amide bonds. The second kappa shape index (κ2) is 6.12. The molecule has 1 N–H and O–H groups in total. The Morgan fingerprint density at radius 2 is 1.83 bits per heavy atom. The number of hydrogen-bond donors (Lipinski definition) is 1. The molecule has 18 heavy (non-hydrogen) atoms. The molecule has 0 bridgehead atoms. The van der Waals surface area contributed by atoms with Gasteiger partial charge in [0.15, 0.2) is 0 Å². The molecular weight excluding hydrogens is 238 g/mol. The largest absolute Gasteiger partial charge is 0.317 e. The van der Waals surface area contributed by atoms with E-state index in [1.807, 2.05) is 0 Å². The van der Waals surface area contributed by atoms with Crippen LogP contribution in [0.5, 0.6) is 0 Å². The molecule has 1 aliphatic rings. The van der Waals surface area contributed by atoms with Crippen LogP contribution >= 0.6 is 11.8 Å². The zero-order valence-corrected chi connectivity index (χ0v) is 12.8. The lowest BCUT2D eigenvalue weighted by molar-refractivity contribution is 0.464. The zero-order chi connectivity index (χ0) is 13.1. The summed E-state index contributed by atoms with van der Waals surface area (Å²) in [6.45, 7) is 6.78. The Kier molecular flexibility index (Phi) is 4.74. The summed E-state index contributed by atoms with van der Waals surface area (Å²) in [5, 5.41) is 4.27. The molecule has 2 rings (SSSR count). The van der Waals surface area contributed by atoms with E-state index in [0.29, 0.717) is 0 Å². The summed E-state index contributed by atoms with van der Waals surface area (Å²) in [5.41, 5.74) is 4.26. The van der Waals surface area contributed by atoms with Crippen LogP contribution in [0.4, 0.5) is 0 Å². The van der Waals surface area contributed by atoms with Gasteiger partial charge in [0.2, 0.25) is 0 Å².